The molecule has 0 amide bonds. The molecule has 2 aromatic heterocycles. The maximum atomic E-state index is 13.5. The first-order chi connectivity index (χ1) is 18.0. The number of nitrogens with one attached hydrogen (secondary N) is 1. The standard InChI is InChI=1S/C23H20Cl2N4O7S2/c24-11-1-2-13-14(4-11)20(36-23(13)32)15-6-18(37-21(15)25)19(31)16-7-27-9-28-22(16)29-12-3-10(17(30)5-12)8-35-38(26,33)34/h1-2,4,6-7,9-10,12,17,20,30H,3,5,8H2,(H2,26,33,34)(H,27,28,29)/t10-,12-,17+,20-/m1/s1. The van der Waals surface area contributed by atoms with E-state index in [9.17, 15) is 23.1 Å². The molecule has 3 aromatic rings. The number of hydrogen-bond donors (Lipinski definition) is 3. The summed E-state index contributed by atoms with van der Waals surface area (Å²) in [7, 11) is -4.13. The Kier molecular flexibility index (Phi) is 7.44. The SMILES string of the molecule is NS(=O)(=O)OC[C@H]1C[C@@H](Nc2ncncc2C(=O)c2cc([C@@H]3OC(=O)c4ccc(Cl)cc43)c(Cl)s2)C[C@@H]1O. The smallest absolute Gasteiger partial charge is 0.339 e. The van der Waals surface area contributed by atoms with E-state index in [2.05, 4.69) is 19.5 Å². The summed E-state index contributed by atoms with van der Waals surface area (Å²) in [5.74, 6) is -1.15. The molecule has 200 valence electrons. The second kappa shape index (κ2) is 10.5. The van der Waals surface area contributed by atoms with Crippen LogP contribution in [-0.2, 0) is 19.2 Å². The van der Waals surface area contributed by atoms with Crippen LogP contribution in [0.15, 0.2) is 36.8 Å². The van der Waals surface area contributed by atoms with Crippen molar-refractivity contribution in [2.24, 2.45) is 11.1 Å². The third-order valence-corrected chi connectivity index (χ3v) is 8.45. The summed E-state index contributed by atoms with van der Waals surface area (Å²) in [4.78, 5) is 34.2. The maximum absolute atomic E-state index is 13.5. The van der Waals surface area contributed by atoms with Crippen molar-refractivity contribution < 1.29 is 32.0 Å². The first-order valence-corrected chi connectivity index (χ1v) is 14.3. The highest BCUT2D eigenvalue weighted by atomic mass is 35.5. The minimum absolute atomic E-state index is 0.169. The lowest BCUT2D eigenvalue weighted by Crippen LogP contribution is -2.24. The van der Waals surface area contributed by atoms with E-state index >= 15 is 0 Å². The summed E-state index contributed by atoms with van der Waals surface area (Å²) in [6.07, 6.45) is 1.64. The van der Waals surface area contributed by atoms with Gasteiger partial charge in [-0.2, -0.15) is 8.42 Å². The van der Waals surface area contributed by atoms with E-state index in [-0.39, 0.29) is 39.7 Å². The number of ether oxygens (including phenoxy) is 1. The van der Waals surface area contributed by atoms with E-state index in [1.807, 2.05) is 0 Å². The molecule has 4 atom stereocenters. The van der Waals surface area contributed by atoms with E-state index in [1.165, 1.54) is 12.5 Å². The molecule has 0 unspecified atom stereocenters. The zero-order valence-electron chi connectivity index (χ0n) is 19.3. The Labute approximate surface area is 231 Å². The Hall–Kier alpha value is -2.65. The Morgan fingerprint density at radius 3 is 2.82 bits per heavy atom. The maximum Gasteiger partial charge on any atom is 0.339 e. The normalized spacial score (nSPS) is 22.8. The van der Waals surface area contributed by atoms with Crippen LogP contribution in [-0.4, -0.2) is 54.0 Å². The topological polar surface area (TPSA) is 171 Å². The van der Waals surface area contributed by atoms with Crippen LogP contribution in [0.25, 0.3) is 0 Å². The number of fused-ring (bicyclic) bond motifs is 1. The van der Waals surface area contributed by atoms with Gasteiger partial charge in [0.05, 0.1) is 28.7 Å². The van der Waals surface area contributed by atoms with Crippen molar-refractivity contribution in [2.75, 3.05) is 11.9 Å². The van der Waals surface area contributed by atoms with E-state index in [0.29, 0.717) is 28.1 Å². The molecule has 1 aliphatic carbocycles. The van der Waals surface area contributed by atoms with Crippen molar-refractivity contribution in [1.82, 2.24) is 9.97 Å². The Morgan fingerprint density at radius 1 is 1.26 bits per heavy atom. The number of halogens is 2. The van der Waals surface area contributed by atoms with Crippen molar-refractivity contribution in [2.45, 2.75) is 31.1 Å². The Morgan fingerprint density at radius 2 is 2.05 bits per heavy atom. The molecule has 1 aromatic carbocycles. The number of anilines is 1. The zero-order valence-corrected chi connectivity index (χ0v) is 22.5. The average molecular weight is 599 g/mol. The molecule has 5 rings (SSSR count). The molecule has 1 fully saturated rings. The van der Waals surface area contributed by atoms with Crippen LogP contribution in [0.4, 0.5) is 5.82 Å². The van der Waals surface area contributed by atoms with Gasteiger partial charge in [-0.05, 0) is 37.1 Å². The number of hydrogen-bond acceptors (Lipinski definition) is 11. The van der Waals surface area contributed by atoms with Crippen molar-refractivity contribution in [3.8, 4) is 0 Å². The third kappa shape index (κ3) is 5.54. The highest BCUT2D eigenvalue weighted by Crippen LogP contribution is 2.43. The largest absolute Gasteiger partial charge is 0.449 e. The van der Waals surface area contributed by atoms with E-state index in [4.69, 9.17) is 33.1 Å². The van der Waals surface area contributed by atoms with Gasteiger partial charge in [-0.15, -0.1) is 11.3 Å². The summed E-state index contributed by atoms with van der Waals surface area (Å²) >= 11 is 13.6. The minimum Gasteiger partial charge on any atom is -0.449 e. The lowest BCUT2D eigenvalue weighted by Gasteiger charge is -2.15. The molecule has 0 radical (unpaired) electrons. The molecule has 0 bridgehead atoms. The van der Waals surface area contributed by atoms with Crippen LogP contribution >= 0.6 is 34.5 Å². The molecule has 0 saturated heterocycles. The van der Waals surface area contributed by atoms with Gasteiger partial charge in [-0.3, -0.25) is 8.98 Å². The highest BCUT2D eigenvalue weighted by Gasteiger charge is 2.37. The molecule has 38 heavy (non-hydrogen) atoms. The number of aliphatic hydroxyl groups is 1. The fourth-order valence-corrected chi connectivity index (χ4v) is 6.41. The second-order valence-electron chi connectivity index (χ2n) is 8.89. The van der Waals surface area contributed by atoms with Gasteiger partial charge in [0, 0.05) is 34.3 Å². The summed E-state index contributed by atoms with van der Waals surface area (Å²) in [6, 6.07) is 6.06. The van der Waals surface area contributed by atoms with Gasteiger partial charge in [-0.25, -0.2) is 19.9 Å². The summed E-state index contributed by atoms with van der Waals surface area (Å²) in [5.41, 5.74) is 1.57. The molecule has 2 aliphatic rings. The number of carbonyl (C=O) groups is 2. The van der Waals surface area contributed by atoms with Crippen LogP contribution in [0.5, 0.6) is 0 Å². The summed E-state index contributed by atoms with van der Waals surface area (Å²) in [6.45, 7) is -0.260. The van der Waals surface area contributed by atoms with Crippen molar-refractivity contribution in [3.05, 3.63) is 73.3 Å². The molecular weight excluding hydrogens is 579 g/mol. The lowest BCUT2D eigenvalue weighted by molar-refractivity contribution is 0.0456. The van der Waals surface area contributed by atoms with E-state index in [1.54, 1.807) is 24.3 Å². The van der Waals surface area contributed by atoms with Crippen molar-refractivity contribution in [3.63, 3.8) is 0 Å². The molecular formula is C23H20Cl2N4O7S2. The molecule has 1 saturated carbocycles. The van der Waals surface area contributed by atoms with Gasteiger partial charge >= 0.3 is 16.3 Å². The fraction of sp³-hybridized carbons (Fsp3) is 0.304. The van der Waals surface area contributed by atoms with Crippen LogP contribution in [0.1, 0.15) is 55.7 Å². The van der Waals surface area contributed by atoms with Crippen molar-refractivity contribution in [1.29, 1.82) is 0 Å². The number of benzene rings is 1. The number of ketones is 1. The fourth-order valence-electron chi connectivity index (χ4n) is 4.59. The number of esters is 1. The quantitative estimate of drug-likeness (QED) is 0.258. The molecule has 1 aliphatic heterocycles. The van der Waals surface area contributed by atoms with E-state index in [0.717, 1.165) is 11.3 Å². The van der Waals surface area contributed by atoms with E-state index < -0.39 is 40.2 Å². The summed E-state index contributed by atoms with van der Waals surface area (Å²) in [5, 5.41) is 18.8. The van der Waals surface area contributed by atoms with Crippen molar-refractivity contribution >= 4 is 62.4 Å². The number of aliphatic hydroxyl groups excluding tert-OH is 1. The van der Waals surface area contributed by atoms with Gasteiger partial charge < -0.3 is 15.2 Å². The summed E-state index contributed by atoms with van der Waals surface area (Å²) < 4.78 is 32.6. The number of cyclic esters (lactones) is 1. The Balaban J connectivity index is 1.35. The molecule has 4 N–H and O–H groups in total. The highest BCUT2D eigenvalue weighted by molar-refractivity contribution is 7.84. The molecule has 0 spiro atoms. The van der Waals surface area contributed by atoms with Crippen LogP contribution < -0.4 is 10.5 Å². The second-order valence-corrected chi connectivity index (χ2v) is 12.2. The van der Waals surface area contributed by atoms with Gasteiger partial charge in [-0.1, -0.05) is 23.2 Å². The van der Waals surface area contributed by atoms with Crippen LogP contribution in [0.2, 0.25) is 9.36 Å². The third-order valence-electron chi connectivity index (χ3n) is 6.36. The number of thiophene rings is 1. The minimum atomic E-state index is -4.13. The first-order valence-electron chi connectivity index (χ1n) is 11.3. The van der Waals surface area contributed by atoms with Gasteiger partial charge in [0.15, 0.2) is 6.10 Å². The van der Waals surface area contributed by atoms with Gasteiger partial charge in [0.25, 0.3) is 0 Å². The zero-order chi connectivity index (χ0) is 27.2. The van der Waals surface area contributed by atoms with Gasteiger partial charge in [0.1, 0.15) is 16.5 Å². The monoisotopic (exact) mass is 598 g/mol. The Bertz CT molecular complexity index is 1530. The predicted octanol–water partition coefficient (Wildman–Crippen LogP) is 3.11. The average Bonchev–Trinajstić information content (AvgIpc) is 3.51. The number of aromatic nitrogens is 2. The molecule has 3 heterocycles. The van der Waals surface area contributed by atoms with Crippen LogP contribution in [0, 0.1) is 5.92 Å². The van der Waals surface area contributed by atoms with Crippen LogP contribution in [0.3, 0.4) is 0 Å². The molecule has 15 heteroatoms. The number of rotatable bonds is 8. The van der Waals surface area contributed by atoms with Gasteiger partial charge in [0.2, 0.25) is 5.78 Å². The first kappa shape index (κ1) is 26.9. The number of nitrogens with zero attached hydrogens (tertiary/aromatic N) is 2. The number of nitrogens with two attached hydrogens (primary N) is 1. The lowest BCUT2D eigenvalue weighted by atomic mass is 10.0. The predicted molar refractivity (Wildman–Crippen MR) is 139 cm³/mol. The number of carbonyl (C=O) groups excluding carboxylic acids is 2. The molecule has 11 nitrogen and oxygen atoms in total.